The molecule has 1 aliphatic carbocycles. The molecular formula is C20H32O13. The van der Waals surface area contributed by atoms with Gasteiger partial charge in [-0.2, -0.15) is 0 Å². The molecule has 7 unspecified atom stereocenters. The number of aliphatic carboxylic acids is 1. The van der Waals surface area contributed by atoms with Gasteiger partial charge < -0.3 is 59.4 Å². The molecule has 7 N–H and O–H groups in total. The quantitative estimate of drug-likeness (QED) is 0.189. The van der Waals surface area contributed by atoms with Crippen LogP contribution in [0, 0.1) is 11.3 Å². The van der Waals surface area contributed by atoms with Crippen molar-refractivity contribution in [2.75, 3.05) is 27.1 Å². The Morgan fingerprint density at radius 1 is 1.24 bits per heavy atom. The van der Waals surface area contributed by atoms with Crippen molar-refractivity contribution in [3.05, 3.63) is 0 Å². The highest BCUT2D eigenvalue weighted by atomic mass is 16.8. The monoisotopic (exact) mass is 480 g/mol. The predicted octanol–water partition coefficient (Wildman–Crippen LogP) is -3.46. The number of ether oxygens (including phenoxy) is 5. The van der Waals surface area contributed by atoms with E-state index in [-0.39, 0.29) is 13.2 Å². The summed E-state index contributed by atoms with van der Waals surface area (Å²) in [6.45, 7) is -0.266. The summed E-state index contributed by atoms with van der Waals surface area (Å²) in [6.07, 6.45) is -11.4. The average Bonchev–Trinajstić information content (AvgIpc) is 3.52. The van der Waals surface area contributed by atoms with E-state index in [1.807, 2.05) is 0 Å². The Morgan fingerprint density at radius 2 is 1.94 bits per heavy atom. The Kier molecular flexibility index (Phi) is 6.55. The highest BCUT2D eigenvalue weighted by Gasteiger charge is 2.87. The van der Waals surface area contributed by atoms with E-state index >= 15 is 0 Å². The summed E-state index contributed by atoms with van der Waals surface area (Å²) >= 11 is 0. The number of hydrogen-bond acceptors (Lipinski definition) is 12. The first-order chi connectivity index (χ1) is 15.6. The number of hydrogen-bond donors (Lipinski definition) is 7. The second-order valence-electron chi connectivity index (χ2n) is 9.43. The molecule has 0 aromatic heterocycles. The highest BCUT2D eigenvalue weighted by Crippen LogP contribution is 2.72. The van der Waals surface area contributed by atoms with E-state index in [4.69, 9.17) is 23.7 Å². The van der Waals surface area contributed by atoms with Crippen molar-refractivity contribution < 1.29 is 64.2 Å². The highest BCUT2D eigenvalue weighted by molar-refractivity contribution is 5.79. The molecule has 1 saturated carbocycles. The van der Waals surface area contributed by atoms with Gasteiger partial charge in [0.25, 0.3) is 0 Å². The Balaban J connectivity index is 1.78. The molecule has 3 heterocycles. The molecule has 0 bridgehead atoms. The third-order valence-corrected chi connectivity index (χ3v) is 7.88. The van der Waals surface area contributed by atoms with E-state index in [1.54, 1.807) is 0 Å². The molecule has 3 saturated heterocycles. The molecule has 13 nitrogen and oxygen atoms in total. The molecule has 0 spiro atoms. The molecule has 0 radical (unpaired) electrons. The van der Waals surface area contributed by atoms with Crippen LogP contribution < -0.4 is 0 Å². The number of aliphatic hydroxyl groups is 6. The lowest BCUT2D eigenvalue weighted by Gasteiger charge is -2.55. The zero-order chi connectivity index (χ0) is 24.3. The molecule has 4 rings (SSSR count). The van der Waals surface area contributed by atoms with Crippen LogP contribution in [0.2, 0.25) is 0 Å². The van der Waals surface area contributed by atoms with E-state index in [2.05, 4.69) is 0 Å². The minimum absolute atomic E-state index is 0.0668. The second-order valence-corrected chi connectivity index (χ2v) is 9.43. The number of rotatable bonds is 7. The fourth-order valence-electron chi connectivity index (χ4n) is 5.98. The zero-order valence-corrected chi connectivity index (χ0v) is 18.3. The van der Waals surface area contributed by atoms with Crippen LogP contribution in [0.5, 0.6) is 0 Å². The van der Waals surface area contributed by atoms with Gasteiger partial charge in [-0.15, -0.1) is 0 Å². The first-order valence-corrected chi connectivity index (χ1v) is 10.8. The van der Waals surface area contributed by atoms with Gasteiger partial charge in [-0.1, -0.05) is 6.92 Å². The smallest absolute Gasteiger partial charge is 0.338 e. The lowest BCUT2D eigenvalue weighted by Crippen LogP contribution is -2.72. The minimum Gasteiger partial charge on any atom is -0.479 e. The van der Waals surface area contributed by atoms with E-state index in [9.17, 15) is 40.5 Å². The summed E-state index contributed by atoms with van der Waals surface area (Å²) in [5, 5.41) is 71.8. The largest absolute Gasteiger partial charge is 0.479 e. The van der Waals surface area contributed by atoms with E-state index in [0.717, 1.165) is 0 Å². The van der Waals surface area contributed by atoms with Crippen LogP contribution in [-0.2, 0) is 28.5 Å². The first kappa shape index (κ1) is 25.1. The Labute approximate surface area is 189 Å². The number of carboxylic acids is 1. The molecule has 0 amide bonds. The van der Waals surface area contributed by atoms with E-state index in [1.165, 1.54) is 14.0 Å². The second kappa shape index (κ2) is 8.60. The van der Waals surface area contributed by atoms with Gasteiger partial charge in [-0.3, -0.25) is 0 Å². The summed E-state index contributed by atoms with van der Waals surface area (Å²) in [5.41, 5.74) is -4.98. The van der Waals surface area contributed by atoms with Crippen LogP contribution in [-0.4, -0.2) is 129 Å². The summed E-state index contributed by atoms with van der Waals surface area (Å²) in [5.74, 6) is -2.31. The summed E-state index contributed by atoms with van der Waals surface area (Å²) in [7, 11) is 1.35. The maximum Gasteiger partial charge on any atom is 0.338 e. The molecule has 4 fully saturated rings. The Bertz CT molecular complexity index is 751. The summed E-state index contributed by atoms with van der Waals surface area (Å²) in [6, 6.07) is 0. The predicted molar refractivity (Wildman–Crippen MR) is 103 cm³/mol. The molecule has 12 atom stereocenters. The van der Waals surface area contributed by atoms with Gasteiger partial charge in [-0.25, -0.2) is 4.79 Å². The third kappa shape index (κ3) is 3.30. The molecule has 3 aliphatic heterocycles. The van der Waals surface area contributed by atoms with Crippen LogP contribution in [0.1, 0.15) is 19.8 Å². The first-order valence-electron chi connectivity index (χ1n) is 10.8. The topological polar surface area (TPSA) is 205 Å². The summed E-state index contributed by atoms with van der Waals surface area (Å²) in [4.78, 5) is 12.7. The van der Waals surface area contributed by atoms with Crippen molar-refractivity contribution in [2.24, 2.45) is 11.3 Å². The molecular weight excluding hydrogens is 448 g/mol. The van der Waals surface area contributed by atoms with Crippen LogP contribution in [0.4, 0.5) is 0 Å². The van der Waals surface area contributed by atoms with Crippen molar-refractivity contribution >= 4 is 5.97 Å². The van der Waals surface area contributed by atoms with E-state index in [0.29, 0.717) is 0 Å². The summed E-state index contributed by atoms with van der Waals surface area (Å²) < 4.78 is 28.5. The van der Waals surface area contributed by atoms with Crippen molar-refractivity contribution in [3.63, 3.8) is 0 Å². The zero-order valence-electron chi connectivity index (χ0n) is 18.3. The molecule has 13 heteroatoms. The standard InChI is InChI=1S/C20H32O13/c1-8-9(23)3-19(16(27)28,33-13(8)12(25)10(24)4-21)15-18-6-20(18,31-7-30-15)17(29-2)32-11(5-22)14(18)26/h8-15,17,21-26H,3-7H2,1-2H3,(H,27,28)/t8-,9-,10?,11?,12?,13?,14?,15?,17?,18-,19+,20+/m1/s1. The van der Waals surface area contributed by atoms with Crippen molar-refractivity contribution in [3.8, 4) is 0 Å². The van der Waals surface area contributed by atoms with Crippen molar-refractivity contribution in [2.45, 2.75) is 80.0 Å². The van der Waals surface area contributed by atoms with Gasteiger partial charge in [0.1, 0.15) is 36.8 Å². The average molecular weight is 480 g/mol. The van der Waals surface area contributed by atoms with E-state index < -0.39 is 97.2 Å². The number of carboxylic acid groups (broad SMARTS) is 1. The van der Waals surface area contributed by atoms with Crippen LogP contribution in [0.15, 0.2) is 0 Å². The maximum absolute atomic E-state index is 12.7. The molecule has 0 aromatic rings. The fraction of sp³-hybridized carbons (Fsp3) is 0.950. The Hall–Kier alpha value is -0.970. The minimum atomic E-state index is -2.27. The van der Waals surface area contributed by atoms with Gasteiger partial charge in [0.15, 0.2) is 11.9 Å². The van der Waals surface area contributed by atoms with Crippen LogP contribution in [0.25, 0.3) is 0 Å². The lowest BCUT2D eigenvalue weighted by molar-refractivity contribution is -0.371. The van der Waals surface area contributed by atoms with Crippen LogP contribution >= 0.6 is 0 Å². The number of carbonyl (C=O) groups is 1. The van der Waals surface area contributed by atoms with Gasteiger partial charge in [-0.05, 0) is 6.42 Å². The van der Waals surface area contributed by atoms with Crippen molar-refractivity contribution in [1.29, 1.82) is 0 Å². The molecule has 4 aliphatic rings. The van der Waals surface area contributed by atoms with Crippen LogP contribution in [0.3, 0.4) is 0 Å². The van der Waals surface area contributed by atoms with Gasteiger partial charge in [0.2, 0.25) is 0 Å². The SMILES string of the molecule is COC1OC(CO)C(O)[C@@]23C[C@]12OCOC3[C@]1(C(=O)O)C[C@@H](O)[C@@H](C)C(C(O)C(O)CO)O1. The fourth-order valence-corrected chi connectivity index (χ4v) is 5.98. The number of aliphatic hydroxyl groups excluding tert-OH is 6. The molecule has 190 valence electrons. The third-order valence-electron chi connectivity index (χ3n) is 7.88. The lowest BCUT2D eigenvalue weighted by atomic mass is 9.70. The Morgan fingerprint density at radius 3 is 2.52 bits per heavy atom. The normalized spacial score (nSPS) is 51.2. The number of methoxy groups -OCH3 is 1. The molecule has 33 heavy (non-hydrogen) atoms. The van der Waals surface area contributed by atoms with Gasteiger partial charge >= 0.3 is 5.97 Å². The van der Waals surface area contributed by atoms with Crippen molar-refractivity contribution in [1.82, 2.24) is 0 Å². The van der Waals surface area contributed by atoms with Gasteiger partial charge in [0.05, 0.1) is 36.9 Å². The maximum atomic E-state index is 12.7. The van der Waals surface area contributed by atoms with Gasteiger partial charge in [0, 0.05) is 19.4 Å². The molecule has 0 aromatic carbocycles.